The van der Waals surface area contributed by atoms with Crippen LogP contribution in [0.1, 0.15) is 111 Å². The van der Waals surface area contributed by atoms with E-state index in [1.165, 1.54) is 0 Å². The monoisotopic (exact) mass is 646 g/mol. The second kappa shape index (κ2) is 22.1. The van der Waals surface area contributed by atoms with Gasteiger partial charge < -0.3 is 31.9 Å². The Labute approximate surface area is 275 Å². The molecule has 1 aromatic rings. The standard InChI is InChI=1S/C34H59N7O5/c1-9-13-15-28(32(44)36-12-4)39-30(42)24(8)37-21-26(20-22(5)6)38-33(45)27(14-10-2)40-34(46)29(23(7)11-3)41-31(43)25-16-18-35-19-17-25/h16-19,22-24,26-29,37H,9-15,20-21H2,1-8H3,(H,36,44)(H,38,45)(H,39,42)(H,40,46)(H,41,43)/p+1/t23-,24-,26-,27-,28-,29-/m0/s1. The summed E-state index contributed by atoms with van der Waals surface area (Å²) in [6, 6.07) is 0.153. The second-order valence-electron chi connectivity index (χ2n) is 12.5. The van der Waals surface area contributed by atoms with E-state index in [9.17, 15) is 24.0 Å². The number of likely N-dealkylation sites (N-methyl/N-ethyl adjacent to an activating group) is 1. The summed E-state index contributed by atoms with van der Waals surface area (Å²) in [4.78, 5) is 68.3. The van der Waals surface area contributed by atoms with Crippen molar-refractivity contribution in [2.45, 2.75) is 131 Å². The van der Waals surface area contributed by atoms with E-state index in [0.717, 1.165) is 12.8 Å². The predicted octanol–water partition coefficient (Wildman–Crippen LogP) is 2.25. The number of carbonyl (C=O) groups excluding carboxylic acids is 5. The van der Waals surface area contributed by atoms with E-state index in [0.29, 0.717) is 50.8 Å². The second-order valence-corrected chi connectivity index (χ2v) is 12.5. The maximum absolute atomic E-state index is 13.6. The molecule has 46 heavy (non-hydrogen) atoms. The summed E-state index contributed by atoms with van der Waals surface area (Å²) >= 11 is 0. The van der Waals surface area contributed by atoms with Gasteiger partial charge in [0, 0.05) is 31.3 Å². The van der Waals surface area contributed by atoms with Gasteiger partial charge in [-0.2, -0.15) is 0 Å². The SMILES string of the molecule is CCCC[C@H](NC(=O)[C@H](C)NC[C@H](CC(C)C)NC(=O)[C@H](CCC)NC(=O)[C@@H](NC(=O)c1cc[nH+]cc1)[C@@H](C)CC)C(=O)NCC. The zero-order valence-electron chi connectivity index (χ0n) is 29.3. The van der Waals surface area contributed by atoms with Crippen molar-refractivity contribution in [2.24, 2.45) is 11.8 Å². The van der Waals surface area contributed by atoms with Crippen LogP contribution in [0, 0.1) is 11.8 Å². The fraction of sp³-hybridized carbons (Fsp3) is 0.706. The van der Waals surface area contributed by atoms with Crippen molar-refractivity contribution in [3.63, 3.8) is 0 Å². The molecule has 0 saturated carbocycles. The number of carbonyl (C=O) groups is 5. The van der Waals surface area contributed by atoms with Gasteiger partial charge in [0.15, 0.2) is 12.4 Å². The summed E-state index contributed by atoms with van der Waals surface area (Å²) < 4.78 is 0. The number of aromatic amines is 1. The Bertz CT molecular complexity index is 1080. The van der Waals surface area contributed by atoms with Crippen LogP contribution < -0.4 is 36.9 Å². The molecule has 0 unspecified atom stereocenters. The largest absolute Gasteiger partial charge is 0.355 e. The quantitative estimate of drug-likeness (QED) is 0.113. The minimum absolute atomic E-state index is 0.162. The van der Waals surface area contributed by atoms with E-state index in [1.807, 2.05) is 34.6 Å². The van der Waals surface area contributed by atoms with E-state index < -0.39 is 30.1 Å². The molecule has 1 heterocycles. The van der Waals surface area contributed by atoms with Crippen LogP contribution in [0.2, 0.25) is 0 Å². The molecule has 0 spiro atoms. The van der Waals surface area contributed by atoms with Crippen molar-refractivity contribution in [1.82, 2.24) is 31.9 Å². The first-order valence-corrected chi connectivity index (χ1v) is 17.1. The third-order valence-corrected chi connectivity index (χ3v) is 7.97. The molecule has 0 radical (unpaired) electrons. The number of H-pyrrole nitrogens is 1. The molecule has 0 aliphatic rings. The lowest BCUT2D eigenvalue weighted by molar-refractivity contribution is -0.378. The smallest absolute Gasteiger partial charge is 0.252 e. The molecule has 0 saturated heterocycles. The van der Waals surface area contributed by atoms with E-state index in [2.05, 4.69) is 50.7 Å². The van der Waals surface area contributed by atoms with Crippen LogP contribution in [0.3, 0.4) is 0 Å². The van der Waals surface area contributed by atoms with Gasteiger partial charge in [-0.25, -0.2) is 4.98 Å². The van der Waals surface area contributed by atoms with Crippen LogP contribution in [0.4, 0.5) is 0 Å². The Morgan fingerprint density at radius 3 is 1.93 bits per heavy atom. The fourth-order valence-electron chi connectivity index (χ4n) is 5.03. The summed E-state index contributed by atoms with van der Waals surface area (Å²) in [5.41, 5.74) is 0.426. The maximum Gasteiger partial charge on any atom is 0.252 e. The molecule has 0 aromatic carbocycles. The van der Waals surface area contributed by atoms with Crippen molar-refractivity contribution < 1.29 is 29.0 Å². The van der Waals surface area contributed by atoms with Crippen molar-refractivity contribution in [3.8, 4) is 0 Å². The van der Waals surface area contributed by atoms with Crippen molar-refractivity contribution in [1.29, 1.82) is 0 Å². The van der Waals surface area contributed by atoms with Gasteiger partial charge in [0.25, 0.3) is 5.91 Å². The van der Waals surface area contributed by atoms with Gasteiger partial charge in [0.2, 0.25) is 23.6 Å². The third kappa shape index (κ3) is 14.7. The number of aromatic nitrogens is 1. The molecule has 0 fully saturated rings. The molecular weight excluding hydrogens is 586 g/mol. The van der Waals surface area contributed by atoms with E-state index >= 15 is 0 Å². The molecule has 260 valence electrons. The summed E-state index contributed by atoms with van der Waals surface area (Å²) in [6.45, 7) is 16.3. The Morgan fingerprint density at radius 2 is 1.37 bits per heavy atom. The highest BCUT2D eigenvalue weighted by atomic mass is 16.2. The lowest BCUT2D eigenvalue weighted by atomic mass is 9.97. The van der Waals surface area contributed by atoms with Crippen molar-refractivity contribution in [2.75, 3.05) is 13.1 Å². The first-order valence-electron chi connectivity index (χ1n) is 17.1. The Morgan fingerprint density at radius 1 is 0.739 bits per heavy atom. The van der Waals surface area contributed by atoms with Gasteiger partial charge in [0.1, 0.15) is 18.1 Å². The van der Waals surface area contributed by atoms with E-state index in [1.54, 1.807) is 31.5 Å². The fourth-order valence-corrected chi connectivity index (χ4v) is 5.03. The van der Waals surface area contributed by atoms with Crippen molar-refractivity contribution in [3.05, 3.63) is 30.1 Å². The molecule has 6 atom stereocenters. The van der Waals surface area contributed by atoms with Gasteiger partial charge in [-0.15, -0.1) is 0 Å². The Balaban J connectivity index is 2.95. The molecule has 12 heteroatoms. The molecule has 1 aromatic heterocycles. The third-order valence-electron chi connectivity index (χ3n) is 7.97. The lowest BCUT2D eigenvalue weighted by Crippen LogP contribution is -2.58. The van der Waals surface area contributed by atoms with Crippen LogP contribution >= 0.6 is 0 Å². The normalized spacial score (nSPS) is 15.1. The molecule has 0 aliphatic heterocycles. The predicted molar refractivity (Wildman–Crippen MR) is 180 cm³/mol. The lowest BCUT2D eigenvalue weighted by Gasteiger charge is -2.28. The number of hydrogen-bond donors (Lipinski definition) is 6. The maximum atomic E-state index is 13.6. The highest BCUT2D eigenvalue weighted by molar-refractivity contribution is 5.98. The van der Waals surface area contributed by atoms with Crippen molar-refractivity contribution >= 4 is 29.5 Å². The van der Waals surface area contributed by atoms with Gasteiger partial charge in [-0.05, 0) is 44.9 Å². The zero-order valence-corrected chi connectivity index (χ0v) is 29.3. The zero-order chi connectivity index (χ0) is 34.6. The molecule has 0 bridgehead atoms. The number of unbranched alkanes of at least 4 members (excludes halogenated alkanes) is 1. The highest BCUT2D eigenvalue weighted by Crippen LogP contribution is 2.12. The summed E-state index contributed by atoms with van der Waals surface area (Å²) in [5, 5.41) is 17.7. The summed E-state index contributed by atoms with van der Waals surface area (Å²) in [7, 11) is 0. The van der Waals surface area contributed by atoms with E-state index in [4.69, 9.17) is 0 Å². The summed E-state index contributed by atoms with van der Waals surface area (Å²) in [6.07, 6.45) is 7.96. The number of hydrogen-bond acceptors (Lipinski definition) is 6. The topological polar surface area (TPSA) is 172 Å². The molecule has 12 nitrogen and oxygen atoms in total. The van der Waals surface area contributed by atoms with Crippen LogP contribution in [0.15, 0.2) is 24.5 Å². The summed E-state index contributed by atoms with van der Waals surface area (Å²) in [5.74, 6) is -1.48. The molecule has 0 aliphatic carbocycles. The Hall–Kier alpha value is -3.54. The van der Waals surface area contributed by atoms with Gasteiger partial charge in [-0.3, -0.25) is 24.0 Å². The number of nitrogens with one attached hydrogen (secondary N) is 7. The van der Waals surface area contributed by atoms with Crippen LogP contribution in [-0.4, -0.2) is 72.8 Å². The van der Waals surface area contributed by atoms with Gasteiger partial charge >= 0.3 is 0 Å². The van der Waals surface area contributed by atoms with Gasteiger partial charge in [-0.1, -0.05) is 67.2 Å². The van der Waals surface area contributed by atoms with Crippen LogP contribution in [0.25, 0.3) is 0 Å². The van der Waals surface area contributed by atoms with E-state index in [-0.39, 0.29) is 41.5 Å². The minimum Gasteiger partial charge on any atom is -0.355 e. The minimum atomic E-state index is -0.818. The molecular formula is C34H60N7O5+. The Kier molecular flexibility index (Phi) is 19.4. The first-order chi connectivity index (χ1) is 21.9. The first kappa shape index (κ1) is 40.5. The molecule has 1 rings (SSSR count). The highest BCUT2D eigenvalue weighted by Gasteiger charge is 2.31. The molecule has 5 amide bonds. The van der Waals surface area contributed by atoms with Crippen LogP contribution in [-0.2, 0) is 19.2 Å². The molecule has 7 N–H and O–H groups in total. The number of rotatable bonds is 22. The van der Waals surface area contributed by atoms with Gasteiger partial charge in [0.05, 0.1) is 11.6 Å². The average molecular weight is 647 g/mol. The average Bonchev–Trinajstić information content (AvgIpc) is 3.03. The number of pyridine rings is 1. The number of amides is 5. The van der Waals surface area contributed by atoms with Crippen LogP contribution in [0.5, 0.6) is 0 Å².